The molecule has 0 radical (unpaired) electrons. The largest absolute Gasteiger partial charge is 0.508 e. The number of hydrogen-bond acceptors (Lipinski definition) is 3. The molecule has 0 unspecified atom stereocenters. The fraction of sp³-hybridized carbons (Fsp3) is 0.176. The Morgan fingerprint density at radius 1 is 1.17 bits per heavy atom. The molecule has 0 aliphatic carbocycles. The third kappa shape index (κ3) is 2.34. The topological polar surface area (TPSA) is 92.8 Å². The van der Waals surface area contributed by atoms with Gasteiger partial charge in [-0.3, -0.25) is 5.41 Å². The van der Waals surface area contributed by atoms with Crippen LogP contribution in [0, 0.1) is 32.0 Å². The van der Waals surface area contributed by atoms with Crippen molar-refractivity contribution in [3.63, 3.8) is 0 Å². The van der Waals surface area contributed by atoms with Crippen molar-refractivity contribution < 1.29 is 9.50 Å². The number of rotatable bonds is 3. The van der Waals surface area contributed by atoms with Gasteiger partial charge in [0.05, 0.1) is 11.3 Å². The molecule has 3 rings (SSSR count). The monoisotopic (exact) mass is 327 g/mol. The number of hydrogen-bond donors (Lipinski definition) is 3. The third-order valence-electron chi connectivity index (χ3n) is 3.95. The minimum Gasteiger partial charge on any atom is -0.508 e. The Balaban J connectivity index is 2.40. The molecule has 0 amide bonds. The van der Waals surface area contributed by atoms with E-state index in [4.69, 9.17) is 11.1 Å². The van der Waals surface area contributed by atoms with E-state index in [-0.39, 0.29) is 17.3 Å². The third-order valence-corrected chi connectivity index (χ3v) is 3.95. The van der Waals surface area contributed by atoms with Crippen LogP contribution in [0.2, 0.25) is 0 Å². The molecule has 1 aromatic carbocycles. The number of amidine groups is 1. The summed E-state index contributed by atoms with van der Waals surface area (Å²) in [5.74, 6) is -0.414. The number of nitrogen functional groups attached to an aromatic ring is 1. The Morgan fingerprint density at radius 2 is 1.79 bits per heavy atom. The van der Waals surface area contributed by atoms with Crippen molar-refractivity contribution in [1.82, 2.24) is 14.3 Å². The van der Waals surface area contributed by atoms with E-state index < -0.39 is 5.82 Å². The first-order valence-electron chi connectivity index (χ1n) is 7.39. The molecule has 124 valence electrons. The van der Waals surface area contributed by atoms with Crippen molar-refractivity contribution in [2.45, 2.75) is 20.8 Å². The molecule has 24 heavy (non-hydrogen) atoms. The molecule has 0 bridgehead atoms. The molecule has 0 aliphatic heterocycles. The van der Waals surface area contributed by atoms with Crippen LogP contribution in [0.4, 0.5) is 4.39 Å². The molecule has 3 aromatic rings. The number of halogens is 1. The van der Waals surface area contributed by atoms with Crippen molar-refractivity contribution in [3.05, 3.63) is 58.8 Å². The summed E-state index contributed by atoms with van der Waals surface area (Å²) in [5.41, 5.74) is 8.73. The molecule has 0 saturated carbocycles. The van der Waals surface area contributed by atoms with Gasteiger partial charge in [-0.15, -0.1) is 0 Å². The van der Waals surface area contributed by atoms with Crippen LogP contribution in [0.1, 0.15) is 22.6 Å². The van der Waals surface area contributed by atoms with Gasteiger partial charge < -0.3 is 15.4 Å². The van der Waals surface area contributed by atoms with Crippen LogP contribution in [0.25, 0.3) is 11.5 Å². The average Bonchev–Trinajstić information content (AvgIpc) is 2.98. The standard InChI is InChI=1S/C17H18FN5O/c1-9-4-5-10(2)22(9)17-15(16(19)20)11(3)21-23(17)14-7-6-12(24)8-13(14)18/h4-8,24H,1-3H3,(H3,19,20). The van der Waals surface area contributed by atoms with E-state index in [9.17, 15) is 9.50 Å². The van der Waals surface area contributed by atoms with Crippen molar-refractivity contribution in [1.29, 1.82) is 5.41 Å². The van der Waals surface area contributed by atoms with Crippen LogP contribution in [0.3, 0.4) is 0 Å². The summed E-state index contributed by atoms with van der Waals surface area (Å²) in [6.07, 6.45) is 0. The molecule has 0 saturated heterocycles. The highest BCUT2D eigenvalue weighted by molar-refractivity contribution is 5.99. The summed E-state index contributed by atoms with van der Waals surface area (Å²) >= 11 is 0. The number of phenolic OH excluding ortho intramolecular Hbond substituents is 1. The SMILES string of the molecule is Cc1nn(-c2ccc(O)cc2F)c(-n2c(C)ccc2C)c1C(=N)N. The Bertz CT molecular complexity index is 935. The van der Waals surface area contributed by atoms with Crippen LogP contribution in [0.15, 0.2) is 30.3 Å². The molecule has 4 N–H and O–H groups in total. The van der Waals surface area contributed by atoms with Gasteiger partial charge in [0, 0.05) is 17.5 Å². The number of aromatic nitrogens is 3. The maximum atomic E-state index is 14.4. The van der Waals surface area contributed by atoms with Gasteiger partial charge in [-0.2, -0.15) is 5.10 Å². The first-order valence-corrected chi connectivity index (χ1v) is 7.39. The molecule has 2 heterocycles. The van der Waals surface area contributed by atoms with E-state index in [1.165, 1.54) is 16.8 Å². The van der Waals surface area contributed by atoms with Crippen LogP contribution < -0.4 is 5.73 Å². The maximum Gasteiger partial charge on any atom is 0.152 e. The van der Waals surface area contributed by atoms with E-state index in [0.717, 1.165) is 17.5 Å². The summed E-state index contributed by atoms with van der Waals surface area (Å²) in [6, 6.07) is 7.72. The van der Waals surface area contributed by atoms with Gasteiger partial charge in [0.25, 0.3) is 0 Å². The zero-order valence-corrected chi connectivity index (χ0v) is 13.6. The second-order valence-electron chi connectivity index (χ2n) is 5.70. The average molecular weight is 327 g/mol. The zero-order chi connectivity index (χ0) is 17.6. The second-order valence-corrected chi connectivity index (χ2v) is 5.70. The quantitative estimate of drug-likeness (QED) is 0.510. The summed E-state index contributed by atoms with van der Waals surface area (Å²) < 4.78 is 17.7. The number of nitrogens with zero attached hydrogens (tertiary/aromatic N) is 3. The van der Waals surface area contributed by atoms with E-state index in [1.54, 1.807) is 6.92 Å². The van der Waals surface area contributed by atoms with Gasteiger partial charge in [0.15, 0.2) is 11.6 Å². The van der Waals surface area contributed by atoms with E-state index in [2.05, 4.69) is 5.10 Å². The first kappa shape index (κ1) is 15.8. The minimum absolute atomic E-state index is 0.138. The molecule has 0 fully saturated rings. The molecule has 2 aromatic heterocycles. The lowest BCUT2D eigenvalue weighted by molar-refractivity contribution is 0.468. The Labute approximate surface area is 138 Å². The highest BCUT2D eigenvalue weighted by atomic mass is 19.1. The van der Waals surface area contributed by atoms with Gasteiger partial charge >= 0.3 is 0 Å². The van der Waals surface area contributed by atoms with Gasteiger partial charge in [0.1, 0.15) is 17.3 Å². The van der Waals surface area contributed by atoms with Gasteiger partial charge in [-0.05, 0) is 45.0 Å². The fourth-order valence-corrected chi connectivity index (χ4v) is 2.88. The van der Waals surface area contributed by atoms with Gasteiger partial charge in [0.2, 0.25) is 0 Å². The Kier molecular flexibility index (Phi) is 3.63. The summed E-state index contributed by atoms with van der Waals surface area (Å²) in [7, 11) is 0. The van der Waals surface area contributed by atoms with Crippen LogP contribution >= 0.6 is 0 Å². The molecular weight excluding hydrogens is 309 g/mol. The lowest BCUT2D eigenvalue weighted by Gasteiger charge is -2.15. The minimum atomic E-state index is -0.615. The number of nitrogens with one attached hydrogen (secondary N) is 1. The number of aromatic hydroxyl groups is 1. The van der Waals surface area contributed by atoms with E-state index in [1.807, 2.05) is 30.5 Å². The molecule has 0 aliphatic rings. The predicted molar refractivity (Wildman–Crippen MR) is 89.7 cm³/mol. The smallest absolute Gasteiger partial charge is 0.152 e. The summed E-state index contributed by atoms with van der Waals surface area (Å²) in [4.78, 5) is 0. The molecule has 0 atom stereocenters. The maximum absolute atomic E-state index is 14.4. The number of nitrogens with two attached hydrogens (primary N) is 1. The van der Waals surface area contributed by atoms with Crippen molar-refractivity contribution in [3.8, 4) is 17.3 Å². The first-order chi connectivity index (χ1) is 11.3. The highest BCUT2D eigenvalue weighted by Crippen LogP contribution is 2.28. The molecule has 6 nitrogen and oxygen atoms in total. The molecule has 7 heteroatoms. The molecule has 0 spiro atoms. The van der Waals surface area contributed by atoms with Crippen molar-refractivity contribution in [2.75, 3.05) is 0 Å². The predicted octanol–water partition coefficient (Wildman–Crippen LogP) is 2.72. The summed E-state index contributed by atoms with van der Waals surface area (Å²) in [5, 5.41) is 21.7. The van der Waals surface area contributed by atoms with Gasteiger partial charge in [-0.25, -0.2) is 9.07 Å². The van der Waals surface area contributed by atoms with Crippen molar-refractivity contribution >= 4 is 5.84 Å². The van der Waals surface area contributed by atoms with Crippen LogP contribution in [-0.2, 0) is 0 Å². The fourth-order valence-electron chi connectivity index (χ4n) is 2.88. The van der Waals surface area contributed by atoms with Crippen LogP contribution in [0.5, 0.6) is 5.75 Å². The Hall–Kier alpha value is -3.09. The van der Waals surface area contributed by atoms with E-state index >= 15 is 0 Å². The normalized spacial score (nSPS) is 11.0. The van der Waals surface area contributed by atoms with E-state index in [0.29, 0.717) is 17.1 Å². The highest BCUT2D eigenvalue weighted by Gasteiger charge is 2.23. The molecular formula is C17H18FN5O. The van der Waals surface area contributed by atoms with Crippen LogP contribution in [-0.4, -0.2) is 25.3 Å². The number of phenols is 1. The lowest BCUT2D eigenvalue weighted by Crippen LogP contribution is -2.17. The Morgan fingerprint density at radius 3 is 2.33 bits per heavy atom. The van der Waals surface area contributed by atoms with Gasteiger partial charge in [-0.1, -0.05) is 0 Å². The zero-order valence-electron chi connectivity index (χ0n) is 13.6. The second kappa shape index (κ2) is 5.52. The summed E-state index contributed by atoms with van der Waals surface area (Å²) in [6.45, 7) is 5.55. The lowest BCUT2D eigenvalue weighted by atomic mass is 10.2. The van der Waals surface area contributed by atoms with Crippen molar-refractivity contribution in [2.24, 2.45) is 5.73 Å². The number of aryl methyl sites for hydroxylation is 3. The number of benzene rings is 1.